The van der Waals surface area contributed by atoms with Crippen LogP contribution in [-0.2, 0) is 0 Å². The van der Waals surface area contributed by atoms with Gasteiger partial charge in [-0.3, -0.25) is 15.1 Å². The van der Waals surface area contributed by atoms with Gasteiger partial charge in [0.05, 0.1) is 22.3 Å². The van der Waals surface area contributed by atoms with Crippen molar-refractivity contribution >= 4 is 28.7 Å². The molecule has 7 nitrogen and oxygen atoms in total. The van der Waals surface area contributed by atoms with E-state index < -0.39 is 0 Å². The van der Waals surface area contributed by atoms with Crippen LogP contribution in [-0.4, -0.2) is 19.6 Å². The fraction of sp³-hybridized carbons (Fsp3) is 0.154. The molecule has 0 amide bonds. The molecule has 4 aromatic rings. The van der Waals surface area contributed by atoms with Crippen molar-refractivity contribution < 1.29 is 4.92 Å². The molecule has 5 rings (SSSR count). The molecule has 34 heavy (non-hydrogen) atoms. The molecule has 2 aromatic heterocycles. The van der Waals surface area contributed by atoms with Crippen molar-refractivity contribution in [2.45, 2.75) is 25.9 Å². The van der Waals surface area contributed by atoms with Crippen molar-refractivity contribution in [1.82, 2.24) is 14.9 Å². The predicted molar refractivity (Wildman–Crippen MR) is 136 cm³/mol. The van der Waals surface area contributed by atoms with E-state index in [1.165, 1.54) is 6.07 Å². The van der Waals surface area contributed by atoms with Crippen LogP contribution in [0, 0.1) is 24.0 Å². The number of anilines is 1. The largest absolute Gasteiger partial charge is 0.351 e. The average molecular weight is 470 g/mol. The summed E-state index contributed by atoms with van der Waals surface area (Å²) in [5.41, 5.74) is 5.86. The Morgan fingerprint density at radius 2 is 1.76 bits per heavy atom. The van der Waals surface area contributed by atoms with E-state index in [-0.39, 0.29) is 22.7 Å². The predicted octanol–water partition coefficient (Wildman–Crippen LogP) is 5.57. The quantitative estimate of drug-likeness (QED) is 0.234. The number of non-ortho nitro benzene ring substituents is 1. The normalized spacial score (nSPS) is 17.6. The lowest BCUT2D eigenvalue weighted by molar-refractivity contribution is -0.384. The van der Waals surface area contributed by atoms with Crippen molar-refractivity contribution in [2.75, 3.05) is 4.90 Å². The Kier molecular flexibility index (Phi) is 5.59. The number of nitrogens with zero attached hydrogens (tertiary/aromatic N) is 4. The lowest BCUT2D eigenvalue weighted by atomic mass is 10.00. The first-order valence-electron chi connectivity index (χ1n) is 10.9. The number of nitrogens with one attached hydrogen (secondary N) is 1. The number of thiocarbonyl (C=S) groups is 1. The molecule has 0 spiro atoms. The Morgan fingerprint density at radius 3 is 2.47 bits per heavy atom. The summed E-state index contributed by atoms with van der Waals surface area (Å²) in [6.07, 6.45) is 3.70. The van der Waals surface area contributed by atoms with Crippen molar-refractivity contribution in [3.8, 4) is 5.69 Å². The summed E-state index contributed by atoms with van der Waals surface area (Å²) >= 11 is 5.84. The molecule has 1 saturated heterocycles. The van der Waals surface area contributed by atoms with E-state index in [2.05, 4.69) is 47.2 Å². The summed E-state index contributed by atoms with van der Waals surface area (Å²) < 4.78 is 1.98. The van der Waals surface area contributed by atoms with E-state index in [9.17, 15) is 10.1 Å². The molecule has 0 saturated carbocycles. The van der Waals surface area contributed by atoms with Crippen LogP contribution >= 0.6 is 12.2 Å². The fourth-order valence-electron chi connectivity index (χ4n) is 4.65. The second kappa shape index (κ2) is 8.72. The Labute approximate surface area is 202 Å². The molecule has 2 aromatic carbocycles. The molecule has 1 N–H and O–H groups in total. The van der Waals surface area contributed by atoms with Crippen molar-refractivity contribution in [2.24, 2.45) is 0 Å². The first-order valence-corrected chi connectivity index (χ1v) is 11.3. The molecular formula is C26H23N5O2S. The third kappa shape index (κ3) is 3.92. The number of hydrogen-bond donors (Lipinski definition) is 1. The highest BCUT2D eigenvalue weighted by atomic mass is 32.1. The number of pyridine rings is 1. The van der Waals surface area contributed by atoms with E-state index in [1.54, 1.807) is 18.3 Å². The van der Waals surface area contributed by atoms with Gasteiger partial charge in [0.15, 0.2) is 5.11 Å². The molecule has 1 aliphatic heterocycles. The minimum absolute atomic E-state index is 0.0460. The zero-order chi connectivity index (χ0) is 23.8. The number of aromatic nitrogens is 2. The number of hydrogen-bond acceptors (Lipinski definition) is 4. The van der Waals surface area contributed by atoms with E-state index >= 15 is 0 Å². The Morgan fingerprint density at radius 1 is 0.971 bits per heavy atom. The molecule has 1 fully saturated rings. The first-order chi connectivity index (χ1) is 16.4. The maximum atomic E-state index is 11.4. The maximum absolute atomic E-state index is 11.4. The van der Waals surface area contributed by atoms with Gasteiger partial charge in [0.25, 0.3) is 5.69 Å². The molecule has 0 bridgehead atoms. The summed E-state index contributed by atoms with van der Waals surface area (Å²) in [4.78, 5) is 17.8. The van der Waals surface area contributed by atoms with Crippen LogP contribution in [0.2, 0.25) is 0 Å². The highest BCUT2D eigenvalue weighted by Crippen LogP contribution is 2.42. The van der Waals surface area contributed by atoms with Gasteiger partial charge in [-0.15, -0.1) is 0 Å². The average Bonchev–Trinajstić information content (AvgIpc) is 3.43. The van der Waals surface area contributed by atoms with Gasteiger partial charge in [-0.2, -0.15) is 0 Å². The lowest BCUT2D eigenvalue weighted by Crippen LogP contribution is -2.30. The molecule has 3 heterocycles. The molecular weight excluding hydrogens is 446 g/mol. The highest BCUT2D eigenvalue weighted by molar-refractivity contribution is 7.80. The first kappa shape index (κ1) is 21.8. The molecule has 2 atom stereocenters. The lowest BCUT2D eigenvalue weighted by Gasteiger charge is -2.29. The summed E-state index contributed by atoms with van der Waals surface area (Å²) in [6, 6.07) is 22.4. The van der Waals surface area contributed by atoms with E-state index in [0.717, 1.165) is 28.2 Å². The summed E-state index contributed by atoms with van der Waals surface area (Å²) in [6.45, 7) is 4.14. The molecule has 0 unspecified atom stereocenters. The zero-order valence-electron chi connectivity index (χ0n) is 18.8. The van der Waals surface area contributed by atoms with Gasteiger partial charge < -0.3 is 14.8 Å². The minimum Gasteiger partial charge on any atom is -0.351 e. The minimum atomic E-state index is -0.378. The van der Waals surface area contributed by atoms with Gasteiger partial charge in [-0.25, -0.2) is 0 Å². The molecule has 1 aliphatic rings. The second-order valence-corrected chi connectivity index (χ2v) is 8.81. The summed E-state index contributed by atoms with van der Waals surface area (Å²) in [5, 5.41) is 15.5. The Balaban J connectivity index is 1.68. The third-order valence-corrected chi connectivity index (χ3v) is 6.30. The van der Waals surface area contributed by atoms with Gasteiger partial charge >= 0.3 is 0 Å². The topological polar surface area (TPSA) is 76.2 Å². The fourth-order valence-corrected chi connectivity index (χ4v) is 5.00. The number of benzene rings is 2. The molecule has 0 radical (unpaired) electrons. The van der Waals surface area contributed by atoms with Crippen LogP contribution in [0.3, 0.4) is 0 Å². The molecule has 170 valence electrons. The smallest absolute Gasteiger partial charge is 0.271 e. The molecule has 0 aliphatic carbocycles. The number of nitro groups is 1. The monoisotopic (exact) mass is 469 g/mol. The van der Waals surface area contributed by atoms with Crippen LogP contribution in [0.1, 0.15) is 34.6 Å². The van der Waals surface area contributed by atoms with Gasteiger partial charge in [0.1, 0.15) is 6.04 Å². The van der Waals surface area contributed by atoms with Crippen LogP contribution in [0.5, 0.6) is 0 Å². The van der Waals surface area contributed by atoms with E-state index in [0.29, 0.717) is 10.8 Å². The number of rotatable bonds is 5. The SMILES string of the molecule is Cc1cc(C)cc(N2C(=S)N[C@@H](c3ccccn3)[C@@H]2c2cccn2-c2cccc([N+](=O)[O-])c2)c1. The van der Waals surface area contributed by atoms with Crippen LogP contribution in [0.15, 0.2) is 85.2 Å². The van der Waals surface area contributed by atoms with E-state index in [4.69, 9.17) is 12.2 Å². The van der Waals surface area contributed by atoms with Gasteiger partial charge in [-0.05, 0) is 79.7 Å². The molecule has 8 heteroatoms. The van der Waals surface area contributed by atoms with Gasteiger partial charge in [-0.1, -0.05) is 18.2 Å². The van der Waals surface area contributed by atoms with Crippen LogP contribution in [0.4, 0.5) is 11.4 Å². The third-order valence-electron chi connectivity index (χ3n) is 5.98. The maximum Gasteiger partial charge on any atom is 0.271 e. The highest BCUT2D eigenvalue weighted by Gasteiger charge is 2.42. The van der Waals surface area contributed by atoms with Gasteiger partial charge in [0, 0.05) is 35.9 Å². The Hall–Kier alpha value is -4.04. The van der Waals surface area contributed by atoms with Crippen LogP contribution < -0.4 is 10.2 Å². The second-order valence-electron chi connectivity index (χ2n) is 8.42. The summed E-state index contributed by atoms with van der Waals surface area (Å²) in [7, 11) is 0. The van der Waals surface area contributed by atoms with Crippen molar-refractivity contribution in [3.05, 3.63) is 118 Å². The number of aryl methyl sites for hydroxylation is 2. The van der Waals surface area contributed by atoms with E-state index in [1.807, 2.05) is 47.2 Å². The Bertz CT molecular complexity index is 1360. The van der Waals surface area contributed by atoms with Crippen molar-refractivity contribution in [3.63, 3.8) is 0 Å². The van der Waals surface area contributed by atoms with Crippen molar-refractivity contribution in [1.29, 1.82) is 0 Å². The summed E-state index contributed by atoms with van der Waals surface area (Å²) in [5.74, 6) is 0. The zero-order valence-corrected chi connectivity index (χ0v) is 19.6. The standard InChI is InChI=1S/C26H23N5O2S/c1-17-13-18(2)15-21(14-17)30-25(24(28-26(30)34)22-9-3-4-11-27-22)23-10-6-12-29(23)19-7-5-8-20(16-19)31(32)33/h3-16,24-25H,1-2H3,(H,28,34)/t24-,25-/m0/s1. The number of nitro benzene ring substituents is 1. The van der Waals surface area contributed by atoms with Gasteiger partial charge in [0.2, 0.25) is 0 Å². The van der Waals surface area contributed by atoms with Crippen LogP contribution in [0.25, 0.3) is 5.69 Å².